The summed E-state index contributed by atoms with van der Waals surface area (Å²) in [4.78, 5) is 34.2. The second kappa shape index (κ2) is 13.1. The molecule has 1 N–H and O–H groups in total. The molecule has 1 aromatic heterocycles. The maximum atomic E-state index is 13.2. The van der Waals surface area contributed by atoms with E-state index >= 15 is 0 Å². The molecule has 5 rings (SSSR count). The molecule has 3 amide bonds. The van der Waals surface area contributed by atoms with E-state index < -0.39 is 30.9 Å². The van der Waals surface area contributed by atoms with Crippen molar-refractivity contribution in [1.29, 1.82) is 0 Å². The highest BCUT2D eigenvalue weighted by Gasteiger charge is 2.35. The molecule has 0 spiro atoms. The number of halogens is 6. The summed E-state index contributed by atoms with van der Waals surface area (Å²) < 4.78 is 87.4. The Hall–Kier alpha value is -5.06. The predicted molar refractivity (Wildman–Crippen MR) is 156 cm³/mol. The van der Waals surface area contributed by atoms with Crippen molar-refractivity contribution in [3.05, 3.63) is 84.2 Å². The minimum Gasteiger partial charge on any atom is -0.473 e. The van der Waals surface area contributed by atoms with E-state index in [2.05, 4.69) is 25.1 Å². The van der Waals surface area contributed by atoms with Crippen LogP contribution in [0.3, 0.4) is 0 Å². The fourth-order valence-electron chi connectivity index (χ4n) is 4.26. The number of aliphatic imine (C=N–C) groups is 1. The zero-order valence-corrected chi connectivity index (χ0v) is 24.4. The molecule has 0 radical (unpaired) electrons. The quantitative estimate of drug-likeness (QED) is 0.171. The average Bonchev–Trinajstić information content (AvgIpc) is 3.60. The number of nitrogens with zero attached hydrogens (tertiary/aromatic N) is 5. The summed E-state index contributed by atoms with van der Waals surface area (Å²) in [5.74, 6) is -0.280. The van der Waals surface area contributed by atoms with Gasteiger partial charge in [-0.3, -0.25) is 9.69 Å². The number of anilines is 1. The monoisotopic (exact) mass is 664 g/mol. The second-order valence-electron chi connectivity index (χ2n) is 9.69. The lowest BCUT2D eigenvalue weighted by Crippen LogP contribution is -2.33. The molecule has 0 bridgehead atoms. The highest BCUT2D eigenvalue weighted by Crippen LogP contribution is 2.34. The highest BCUT2D eigenvalue weighted by molar-refractivity contribution is 8.15. The molecule has 0 aliphatic carbocycles. The standard InChI is InChI=1S/C29H22F6N6O4S/c1-17-2-3-19(13-28(30,31)32)23(12-17)41-24(42)14-46-27(41)38-26(43)37-16-44-21-8-4-18(5-9-21)25-36-15-40(39-25)20-6-10-22(11-7-20)45-29(33,34)35/h2-12,15H,13-14,16H2,1H3,(H,37,43)/b38-27-. The van der Waals surface area contributed by atoms with Gasteiger partial charge in [0.15, 0.2) is 17.7 Å². The number of hydrogen-bond acceptors (Lipinski definition) is 7. The minimum atomic E-state index is -4.80. The number of aryl methyl sites for hydroxylation is 1. The highest BCUT2D eigenvalue weighted by atomic mass is 32.2. The van der Waals surface area contributed by atoms with Gasteiger partial charge in [-0.15, -0.1) is 18.3 Å². The predicted octanol–water partition coefficient (Wildman–Crippen LogP) is 6.43. The molecule has 1 aliphatic heterocycles. The fourth-order valence-corrected chi connectivity index (χ4v) is 5.12. The summed E-state index contributed by atoms with van der Waals surface area (Å²) in [6.45, 7) is 1.37. The second-order valence-corrected chi connectivity index (χ2v) is 10.6. The Morgan fingerprint density at radius 3 is 2.37 bits per heavy atom. The maximum absolute atomic E-state index is 13.2. The number of carbonyl (C=O) groups excluding carboxylic acids is 2. The van der Waals surface area contributed by atoms with Gasteiger partial charge in [-0.1, -0.05) is 23.9 Å². The van der Waals surface area contributed by atoms with Crippen LogP contribution in [-0.4, -0.2) is 56.9 Å². The number of urea groups is 1. The lowest BCUT2D eigenvalue weighted by atomic mass is 10.1. The molecule has 46 heavy (non-hydrogen) atoms. The van der Waals surface area contributed by atoms with Crippen molar-refractivity contribution in [3.63, 3.8) is 0 Å². The lowest BCUT2D eigenvalue weighted by Gasteiger charge is -2.21. The van der Waals surface area contributed by atoms with Gasteiger partial charge in [0.1, 0.15) is 17.8 Å². The van der Waals surface area contributed by atoms with Gasteiger partial charge in [0, 0.05) is 5.56 Å². The van der Waals surface area contributed by atoms with E-state index in [4.69, 9.17) is 4.74 Å². The van der Waals surface area contributed by atoms with E-state index in [0.29, 0.717) is 28.4 Å². The number of benzene rings is 3. The van der Waals surface area contributed by atoms with Crippen LogP contribution in [0.25, 0.3) is 17.1 Å². The molecule has 1 aliphatic rings. The summed E-state index contributed by atoms with van der Waals surface area (Å²) in [5, 5.41) is 6.68. The number of amidine groups is 1. The van der Waals surface area contributed by atoms with Crippen molar-refractivity contribution in [3.8, 4) is 28.6 Å². The van der Waals surface area contributed by atoms with E-state index in [9.17, 15) is 35.9 Å². The summed E-state index contributed by atoms with van der Waals surface area (Å²) in [6.07, 6.45) is -9.16. The van der Waals surface area contributed by atoms with Gasteiger partial charge in [0.05, 0.1) is 23.5 Å². The maximum Gasteiger partial charge on any atom is 0.573 e. The lowest BCUT2D eigenvalue weighted by molar-refractivity contribution is -0.274. The van der Waals surface area contributed by atoms with Crippen molar-refractivity contribution < 1.29 is 45.4 Å². The number of rotatable bonds is 8. The van der Waals surface area contributed by atoms with Gasteiger partial charge >= 0.3 is 18.6 Å². The molecule has 1 fully saturated rings. The van der Waals surface area contributed by atoms with Crippen molar-refractivity contribution >= 4 is 34.6 Å². The number of nitrogens with one attached hydrogen (secondary N) is 1. The number of hydrogen-bond donors (Lipinski definition) is 1. The van der Waals surface area contributed by atoms with E-state index in [1.165, 1.54) is 41.3 Å². The number of aromatic nitrogens is 3. The van der Waals surface area contributed by atoms with Crippen molar-refractivity contribution in [2.24, 2.45) is 4.99 Å². The first-order chi connectivity index (χ1) is 21.7. The SMILES string of the molecule is Cc1ccc(CC(F)(F)F)c(N2C(=O)CS/C2=N\C(=O)NCOc2ccc(-c3ncn(-c4ccc(OC(F)(F)F)cc4)n3)cc2)c1. The first-order valence-corrected chi connectivity index (χ1v) is 14.2. The molecule has 240 valence electrons. The molecule has 3 aromatic carbocycles. The molecule has 0 saturated carbocycles. The molecular formula is C29H22F6N6O4S. The zero-order valence-electron chi connectivity index (χ0n) is 23.6. The average molecular weight is 665 g/mol. The molecular weight excluding hydrogens is 642 g/mol. The first-order valence-electron chi connectivity index (χ1n) is 13.2. The van der Waals surface area contributed by atoms with Crippen molar-refractivity contribution in [2.45, 2.75) is 25.9 Å². The van der Waals surface area contributed by atoms with Crippen LogP contribution in [0.15, 0.2) is 78.0 Å². The smallest absolute Gasteiger partial charge is 0.473 e. The van der Waals surface area contributed by atoms with Crippen molar-refractivity contribution in [1.82, 2.24) is 20.1 Å². The molecule has 0 unspecified atom stereocenters. The van der Waals surface area contributed by atoms with Gasteiger partial charge in [0.25, 0.3) is 0 Å². The Labute approximate surface area is 261 Å². The Morgan fingerprint density at radius 2 is 1.70 bits per heavy atom. The van der Waals surface area contributed by atoms with Gasteiger partial charge < -0.3 is 14.8 Å². The number of carbonyl (C=O) groups is 2. The molecule has 0 atom stereocenters. The third-order valence-corrected chi connectivity index (χ3v) is 7.16. The van der Waals surface area contributed by atoms with Gasteiger partial charge in [-0.25, -0.2) is 14.5 Å². The Balaban J connectivity index is 1.18. The van der Waals surface area contributed by atoms with Crippen LogP contribution in [0.1, 0.15) is 11.1 Å². The zero-order chi connectivity index (χ0) is 33.1. The summed E-state index contributed by atoms with van der Waals surface area (Å²) in [7, 11) is 0. The topological polar surface area (TPSA) is 111 Å². The third kappa shape index (κ3) is 8.35. The number of ether oxygens (including phenoxy) is 2. The van der Waals surface area contributed by atoms with Crippen LogP contribution in [0, 0.1) is 6.92 Å². The normalized spacial score (nSPS) is 14.5. The van der Waals surface area contributed by atoms with E-state index in [1.807, 2.05) is 0 Å². The van der Waals surface area contributed by atoms with Gasteiger partial charge in [-0.2, -0.15) is 18.2 Å². The fraction of sp³-hybridized carbons (Fsp3) is 0.207. The van der Waals surface area contributed by atoms with Gasteiger partial charge in [-0.05, 0) is 72.6 Å². The van der Waals surface area contributed by atoms with E-state index in [1.54, 1.807) is 31.2 Å². The summed E-state index contributed by atoms with van der Waals surface area (Å²) in [6, 6.07) is 15.0. The minimum absolute atomic E-state index is 0.0166. The molecule has 2 heterocycles. The largest absolute Gasteiger partial charge is 0.573 e. The Morgan fingerprint density at radius 1 is 1.00 bits per heavy atom. The van der Waals surface area contributed by atoms with Crippen LogP contribution in [0.2, 0.25) is 0 Å². The Bertz CT molecular complexity index is 1760. The Kier molecular flexibility index (Phi) is 9.22. The third-order valence-electron chi connectivity index (χ3n) is 6.24. The van der Waals surface area contributed by atoms with E-state index in [0.717, 1.165) is 28.8 Å². The summed E-state index contributed by atoms with van der Waals surface area (Å²) in [5.41, 5.74) is 1.58. The number of alkyl halides is 6. The molecule has 4 aromatic rings. The van der Waals surface area contributed by atoms with Crippen LogP contribution >= 0.6 is 11.8 Å². The number of amides is 3. The van der Waals surface area contributed by atoms with E-state index in [-0.39, 0.29) is 34.7 Å². The van der Waals surface area contributed by atoms with Crippen LogP contribution < -0.4 is 19.7 Å². The first kappa shape index (κ1) is 32.3. The van der Waals surface area contributed by atoms with Crippen molar-refractivity contribution in [2.75, 3.05) is 17.4 Å². The van der Waals surface area contributed by atoms with Crippen LogP contribution in [0.5, 0.6) is 11.5 Å². The van der Waals surface area contributed by atoms with Crippen LogP contribution in [-0.2, 0) is 11.2 Å². The number of thioether (sulfide) groups is 1. The van der Waals surface area contributed by atoms with Crippen LogP contribution in [0.4, 0.5) is 36.8 Å². The molecule has 1 saturated heterocycles. The molecule has 17 heteroatoms. The summed E-state index contributed by atoms with van der Waals surface area (Å²) >= 11 is 0.930. The van der Waals surface area contributed by atoms with Gasteiger partial charge in [0.2, 0.25) is 5.91 Å². The molecule has 10 nitrogen and oxygen atoms in total.